The summed E-state index contributed by atoms with van der Waals surface area (Å²) < 4.78 is 5.10. The molecule has 1 atom stereocenters. The van der Waals surface area contributed by atoms with Crippen LogP contribution in [0, 0.1) is 5.92 Å². The fourth-order valence-electron chi connectivity index (χ4n) is 2.09. The fourth-order valence-corrected chi connectivity index (χ4v) is 2.09. The minimum Gasteiger partial charge on any atom is -0.381 e. The van der Waals surface area contributed by atoms with Gasteiger partial charge in [-0.3, -0.25) is 9.69 Å². The summed E-state index contributed by atoms with van der Waals surface area (Å²) in [6, 6.07) is -0.0133. The lowest BCUT2D eigenvalue weighted by Crippen LogP contribution is -2.46. The van der Waals surface area contributed by atoms with E-state index in [0.717, 1.165) is 39.1 Å². The Morgan fingerprint density at radius 2 is 2.31 bits per heavy atom. The Balaban J connectivity index is 1.85. The zero-order valence-corrected chi connectivity index (χ0v) is 7.74. The second-order valence-electron chi connectivity index (χ2n) is 3.96. The number of primary amides is 1. The van der Waals surface area contributed by atoms with Gasteiger partial charge in [0.1, 0.15) is 0 Å². The van der Waals surface area contributed by atoms with Crippen molar-refractivity contribution in [3.05, 3.63) is 0 Å². The van der Waals surface area contributed by atoms with Gasteiger partial charge in [-0.15, -0.1) is 0 Å². The number of likely N-dealkylation sites (tertiary alicyclic amines) is 1. The van der Waals surface area contributed by atoms with Gasteiger partial charge in [0.05, 0.1) is 19.3 Å². The van der Waals surface area contributed by atoms with Crippen molar-refractivity contribution in [2.45, 2.75) is 18.9 Å². The predicted molar refractivity (Wildman–Crippen MR) is 48.1 cm³/mol. The summed E-state index contributed by atoms with van der Waals surface area (Å²) in [4.78, 5) is 13.3. The molecule has 2 aliphatic rings. The van der Waals surface area contributed by atoms with E-state index in [1.54, 1.807) is 0 Å². The van der Waals surface area contributed by atoms with Crippen LogP contribution in [0.2, 0.25) is 0 Å². The van der Waals surface area contributed by atoms with Gasteiger partial charge in [0.25, 0.3) is 0 Å². The van der Waals surface area contributed by atoms with Gasteiger partial charge in [-0.25, -0.2) is 0 Å². The van der Waals surface area contributed by atoms with Crippen LogP contribution in [0.5, 0.6) is 0 Å². The molecule has 74 valence electrons. The van der Waals surface area contributed by atoms with E-state index >= 15 is 0 Å². The van der Waals surface area contributed by atoms with Crippen LogP contribution < -0.4 is 5.73 Å². The number of hydrogen-bond acceptors (Lipinski definition) is 3. The maximum Gasteiger partial charge on any atom is 0.234 e. The highest BCUT2D eigenvalue weighted by Crippen LogP contribution is 2.21. The van der Waals surface area contributed by atoms with Crippen molar-refractivity contribution in [3.63, 3.8) is 0 Å². The molecule has 2 fully saturated rings. The summed E-state index contributed by atoms with van der Waals surface area (Å²) >= 11 is 0. The highest BCUT2D eigenvalue weighted by molar-refractivity contribution is 5.80. The minimum absolute atomic E-state index is 0.0133. The molecule has 2 rings (SSSR count). The van der Waals surface area contributed by atoms with E-state index in [2.05, 4.69) is 4.90 Å². The molecular weight excluding hydrogens is 168 g/mol. The molecule has 1 unspecified atom stereocenters. The van der Waals surface area contributed by atoms with Gasteiger partial charge in [0, 0.05) is 12.5 Å². The van der Waals surface area contributed by atoms with E-state index in [-0.39, 0.29) is 11.9 Å². The van der Waals surface area contributed by atoms with E-state index in [9.17, 15) is 4.79 Å². The van der Waals surface area contributed by atoms with E-state index in [4.69, 9.17) is 10.5 Å². The molecule has 0 aromatic rings. The van der Waals surface area contributed by atoms with Gasteiger partial charge in [-0.1, -0.05) is 0 Å². The summed E-state index contributed by atoms with van der Waals surface area (Å²) in [7, 11) is 0. The molecular formula is C9H16N2O2. The topological polar surface area (TPSA) is 55.6 Å². The molecule has 0 radical (unpaired) electrons. The van der Waals surface area contributed by atoms with Crippen LogP contribution >= 0.6 is 0 Å². The number of rotatable bonds is 3. The molecule has 4 nitrogen and oxygen atoms in total. The number of amides is 1. The highest BCUT2D eigenvalue weighted by atomic mass is 16.5. The van der Waals surface area contributed by atoms with Crippen LogP contribution in [0.25, 0.3) is 0 Å². The van der Waals surface area contributed by atoms with Gasteiger partial charge in [-0.05, 0) is 19.4 Å². The zero-order valence-electron chi connectivity index (χ0n) is 7.74. The molecule has 0 saturated carbocycles. The van der Waals surface area contributed by atoms with Crippen LogP contribution in [-0.2, 0) is 9.53 Å². The second-order valence-corrected chi connectivity index (χ2v) is 3.96. The molecule has 2 aliphatic heterocycles. The number of ether oxygens (including phenoxy) is 1. The van der Waals surface area contributed by atoms with Gasteiger partial charge in [-0.2, -0.15) is 0 Å². The first kappa shape index (κ1) is 8.97. The molecule has 2 heterocycles. The molecule has 2 saturated heterocycles. The Morgan fingerprint density at radius 1 is 1.54 bits per heavy atom. The van der Waals surface area contributed by atoms with E-state index in [0.29, 0.717) is 5.92 Å². The maximum atomic E-state index is 11.0. The molecule has 0 aromatic heterocycles. The Hall–Kier alpha value is -0.610. The third-order valence-corrected chi connectivity index (χ3v) is 2.89. The first-order valence-corrected chi connectivity index (χ1v) is 4.88. The summed E-state index contributed by atoms with van der Waals surface area (Å²) in [6.07, 6.45) is 2.03. The van der Waals surface area contributed by atoms with Crippen molar-refractivity contribution in [2.24, 2.45) is 11.7 Å². The van der Waals surface area contributed by atoms with Gasteiger partial charge in [0.15, 0.2) is 0 Å². The Labute approximate surface area is 78.0 Å². The highest BCUT2D eigenvalue weighted by Gasteiger charge is 2.32. The number of hydrogen-bond donors (Lipinski definition) is 1. The zero-order chi connectivity index (χ0) is 9.26. The SMILES string of the molecule is NC(=O)C1CCCN1CC1COC1. The van der Waals surface area contributed by atoms with Crippen LogP contribution in [0.1, 0.15) is 12.8 Å². The monoisotopic (exact) mass is 184 g/mol. The lowest BCUT2D eigenvalue weighted by molar-refractivity contribution is -0.123. The van der Waals surface area contributed by atoms with Gasteiger partial charge < -0.3 is 10.5 Å². The minimum atomic E-state index is -0.169. The lowest BCUT2D eigenvalue weighted by atomic mass is 10.1. The Morgan fingerprint density at radius 3 is 2.85 bits per heavy atom. The maximum absolute atomic E-state index is 11.0. The summed E-state index contributed by atoms with van der Waals surface area (Å²) in [5, 5.41) is 0. The van der Waals surface area contributed by atoms with Crippen molar-refractivity contribution in [2.75, 3.05) is 26.3 Å². The quantitative estimate of drug-likeness (QED) is 0.648. The van der Waals surface area contributed by atoms with Gasteiger partial charge >= 0.3 is 0 Å². The molecule has 13 heavy (non-hydrogen) atoms. The lowest BCUT2D eigenvalue weighted by Gasteiger charge is -2.32. The van der Waals surface area contributed by atoms with Crippen molar-refractivity contribution >= 4 is 5.91 Å². The number of carbonyl (C=O) groups excluding carboxylic acids is 1. The third-order valence-electron chi connectivity index (χ3n) is 2.89. The number of nitrogens with zero attached hydrogens (tertiary/aromatic N) is 1. The van der Waals surface area contributed by atoms with Crippen LogP contribution in [0.4, 0.5) is 0 Å². The average molecular weight is 184 g/mol. The predicted octanol–water partition coefficient (Wildman–Crippen LogP) is -0.417. The van der Waals surface area contributed by atoms with Crippen molar-refractivity contribution in [1.82, 2.24) is 4.90 Å². The average Bonchev–Trinajstić information content (AvgIpc) is 2.44. The first-order valence-electron chi connectivity index (χ1n) is 4.88. The van der Waals surface area contributed by atoms with Crippen LogP contribution in [0.3, 0.4) is 0 Å². The summed E-state index contributed by atoms with van der Waals surface area (Å²) in [5.41, 5.74) is 5.31. The largest absolute Gasteiger partial charge is 0.381 e. The van der Waals surface area contributed by atoms with E-state index in [1.165, 1.54) is 0 Å². The summed E-state index contributed by atoms with van der Waals surface area (Å²) in [5.74, 6) is 0.456. The smallest absolute Gasteiger partial charge is 0.234 e. The normalized spacial score (nSPS) is 30.3. The molecule has 0 aliphatic carbocycles. The standard InChI is InChI=1S/C9H16N2O2/c10-9(12)8-2-1-3-11(8)4-7-5-13-6-7/h7-8H,1-6H2,(H2,10,12). The van der Waals surface area contributed by atoms with Gasteiger partial charge in [0.2, 0.25) is 5.91 Å². The van der Waals surface area contributed by atoms with Crippen LogP contribution in [-0.4, -0.2) is 43.2 Å². The van der Waals surface area contributed by atoms with Crippen molar-refractivity contribution < 1.29 is 9.53 Å². The van der Waals surface area contributed by atoms with Crippen molar-refractivity contribution in [3.8, 4) is 0 Å². The molecule has 4 heteroatoms. The molecule has 0 aromatic carbocycles. The molecule has 0 spiro atoms. The second kappa shape index (κ2) is 3.64. The molecule has 1 amide bonds. The summed E-state index contributed by atoms with van der Waals surface area (Å²) in [6.45, 7) is 3.70. The third kappa shape index (κ3) is 1.84. The van der Waals surface area contributed by atoms with Crippen molar-refractivity contribution in [1.29, 1.82) is 0 Å². The number of carbonyl (C=O) groups is 1. The number of nitrogens with two attached hydrogens (primary N) is 1. The molecule has 2 N–H and O–H groups in total. The Kier molecular flexibility index (Phi) is 2.51. The van der Waals surface area contributed by atoms with E-state index < -0.39 is 0 Å². The van der Waals surface area contributed by atoms with Crippen LogP contribution in [0.15, 0.2) is 0 Å². The first-order chi connectivity index (χ1) is 6.27. The Bertz CT molecular complexity index is 204. The molecule has 0 bridgehead atoms. The fraction of sp³-hybridized carbons (Fsp3) is 0.889. The van der Waals surface area contributed by atoms with E-state index in [1.807, 2.05) is 0 Å².